The Morgan fingerprint density at radius 1 is 1.31 bits per heavy atom. The number of fused-ring (bicyclic) bond motifs is 1. The highest BCUT2D eigenvalue weighted by Crippen LogP contribution is 2.31. The molecule has 4 N–H and O–H groups in total. The zero-order chi connectivity index (χ0) is 24.9. The Bertz CT molecular complexity index is 1090. The van der Waals surface area contributed by atoms with Crippen LogP contribution in [0.5, 0.6) is 0 Å². The lowest BCUT2D eigenvalue weighted by atomic mass is 9.84. The van der Waals surface area contributed by atoms with Crippen molar-refractivity contribution in [2.75, 3.05) is 35.2 Å². The van der Waals surface area contributed by atoms with Crippen molar-refractivity contribution in [3.63, 3.8) is 0 Å². The number of hydrogen-bond donors (Lipinski definition) is 4. The Morgan fingerprint density at radius 2 is 2.11 bits per heavy atom. The molecule has 2 heterocycles. The number of carbonyl (C=O) groups excluding carboxylic acids is 1. The van der Waals surface area contributed by atoms with E-state index >= 15 is 0 Å². The molecular weight excluding hydrogens is 490 g/mol. The third kappa shape index (κ3) is 6.40. The van der Waals surface area contributed by atoms with Crippen molar-refractivity contribution in [1.29, 1.82) is 0 Å². The molecule has 1 aromatic heterocycles. The Balaban J connectivity index is 1.53. The standard InChI is InChI=1S/C23H32ClN7O3S/c1-14(2)31-10-9-25-22(32)17-8-7-16(11-20(17)31)28-23-26-13-18(24)21(30-23)29-19-6-4-3-5-15(19)12-27-35(33)34/h7-8,11,13-15,19,27H,3-6,9-10,12H2,1-2H3,(H,25,32)(H,33,34)(H2,26,28,29,30)/p-1/t15-,19-/m1/s1. The summed E-state index contributed by atoms with van der Waals surface area (Å²) in [6, 6.07) is 5.86. The fourth-order valence-corrected chi connectivity index (χ4v) is 5.23. The molecule has 3 atom stereocenters. The minimum absolute atomic E-state index is 0.0469. The molecule has 1 aliphatic heterocycles. The molecule has 4 rings (SSSR count). The van der Waals surface area contributed by atoms with Crippen LogP contribution in [0, 0.1) is 5.92 Å². The lowest BCUT2D eigenvalue weighted by Gasteiger charge is -2.33. The smallest absolute Gasteiger partial charge is 0.253 e. The molecule has 1 aromatic carbocycles. The first-order chi connectivity index (χ1) is 16.8. The normalized spacial score (nSPS) is 21.2. The van der Waals surface area contributed by atoms with Crippen LogP contribution in [0.15, 0.2) is 24.4 Å². The molecule has 1 aliphatic carbocycles. The van der Waals surface area contributed by atoms with Crippen LogP contribution in [0.2, 0.25) is 5.02 Å². The van der Waals surface area contributed by atoms with E-state index in [1.807, 2.05) is 18.2 Å². The van der Waals surface area contributed by atoms with Gasteiger partial charge in [-0.1, -0.05) is 24.4 Å². The van der Waals surface area contributed by atoms with E-state index in [0.717, 1.165) is 43.6 Å². The van der Waals surface area contributed by atoms with E-state index in [9.17, 15) is 13.6 Å². The van der Waals surface area contributed by atoms with Gasteiger partial charge in [0.25, 0.3) is 5.91 Å². The second kappa shape index (κ2) is 11.5. The van der Waals surface area contributed by atoms with Crippen LogP contribution >= 0.6 is 11.6 Å². The molecule has 12 heteroatoms. The molecule has 0 radical (unpaired) electrons. The predicted molar refractivity (Wildman–Crippen MR) is 138 cm³/mol. The van der Waals surface area contributed by atoms with E-state index in [1.165, 1.54) is 0 Å². The highest BCUT2D eigenvalue weighted by Gasteiger charge is 2.26. The van der Waals surface area contributed by atoms with Gasteiger partial charge in [-0.15, -0.1) is 0 Å². The Hall–Kier alpha value is -2.47. The minimum Gasteiger partial charge on any atom is -0.760 e. The number of halogens is 1. The first-order valence-corrected chi connectivity index (χ1v) is 13.3. The quantitative estimate of drug-likeness (QED) is 0.390. The van der Waals surface area contributed by atoms with Crippen molar-refractivity contribution in [3.8, 4) is 0 Å². The summed E-state index contributed by atoms with van der Waals surface area (Å²) in [5.41, 5.74) is 2.26. The summed E-state index contributed by atoms with van der Waals surface area (Å²) < 4.78 is 24.4. The van der Waals surface area contributed by atoms with Gasteiger partial charge in [0.15, 0.2) is 5.82 Å². The van der Waals surface area contributed by atoms with E-state index in [4.69, 9.17) is 11.6 Å². The van der Waals surface area contributed by atoms with Crippen molar-refractivity contribution < 1.29 is 13.6 Å². The molecule has 0 spiro atoms. The predicted octanol–water partition coefficient (Wildman–Crippen LogP) is 3.19. The third-order valence-electron chi connectivity index (χ3n) is 6.51. The monoisotopic (exact) mass is 520 g/mol. The average molecular weight is 521 g/mol. The molecule has 190 valence electrons. The Kier molecular flexibility index (Phi) is 8.42. The number of hydrogen-bond acceptors (Lipinski definition) is 8. The summed E-state index contributed by atoms with van der Waals surface area (Å²) >= 11 is 4.11. The van der Waals surface area contributed by atoms with Crippen molar-refractivity contribution in [1.82, 2.24) is 20.0 Å². The van der Waals surface area contributed by atoms with E-state index in [0.29, 0.717) is 35.4 Å². The lowest BCUT2D eigenvalue weighted by Crippen LogP contribution is -2.39. The molecule has 35 heavy (non-hydrogen) atoms. The number of nitrogens with zero attached hydrogens (tertiary/aromatic N) is 3. The number of aromatic nitrogens is 2. The van der Waals surface area contributed by atoms with E-state index in [1.54, 1.807) is 6.20 Å². The Morgan fingerprint density at radius 3 is 2.89 bits per heavy atom. The topological polar surface area (TPSA) is 134 Å². The summed E-state index contributed by atoms with van der Waals surface area (Å²) in [6.07, 6.45) is 5.48. The zero-order valence-corrected chi connectivity index (χ0v) is 21.4. The van der Waals surface area contributed by atoms with Crippen molar-refractivity contribution >= 4 is 51.9 Å². The molecule has 10 nitrogen and oxygen atoms in total. The first kappa shape index (κ1) is 25.6. The third-order valence-corrected chi connectivity index (χ3v) is 7.19. The maximum atomic E-state index is 12.5. The maximum absolute atomic E-state index is 12.5. The molecule has 2 aliphatic rings. The van der Waals surface area contributed by atoms with E-state index < -0.39 is 11.3 Å². The molecule has 1 amide bonds. The average Bonchev–Trinajstić information content (AvgIpc) is 2.99. The van der Waals surface area contributed by atoms with Gasteiger partial charge in [-0.3, -0.25) is 9.00 Å². The number of carbonyl (C=O) groups is 1. The van der Waals surface area contributed by atoms with Gasteiger partial charge < -0.3 is 25.4 Å². The molecule has 1 saturated carbocycles. The highest BCUT2D eigenvalue weighted by atomic mass is 35.5. The number of nitrogens with one attached hydrogen (secondary N) is 4. The summed E-state index contributed by atoms with van der Waals surface area (Å²) in [4.78, 5) is 23.6. The minimum atomic E-state index is -2.29. The van der Waals surface area contributed by atoms with Gasteiger partial charge >= 0.3 is 0 Å². The van der Waals surface area contributed by atoms with E-state index in [2.05, 4.69) is 49.4 Å². The second-order valence-electron chi connectivity index (χ2n) is 9.17. The van der Waals surface area contributed by atoms with Gasteiger partial charge in [0.05, 0.1) is 17.4 Å². The fourth-order valence-electron chi connectivity index (χ4n) is 4.73. The molecule has 1 fully saturated rings. The van der Waals surface area contributed by atoms with Gasteiger partial charge in [-0.05, 0) is 50.8 Å². The van der Waals surface area contributed by atoms with Crippen LogP contribution in [0.25, 0.3) is 0 Å². The first-order valence-electron chi connectivity index (χ1n) is 11.9. The number of benzene rings is 1. The molecule has 0 bridgehead atoms. The van der Waals surface area contributed by atoms with Crippen molar-refractivity contribution in [2.45, 2.75) is 51.6 Å². The van der Waals surface area contributed by atoms with Crippen LogP contribution in [0.1, 0.15) is 49.9 Å². The van der Waals surface area contributed by atoms with Crippen LogP contribution in [-0.4, -0.2) is 56.4 Å². The van der Waals surface area contributed by atoms with Gasteiger partial charge in [0.1, 0.15) is 5.02 Å². The lowest BCUT2D eigenvalue weighted by molar-refractivity contribution is 0.0958. The Labute approximate surface area is 213 Å². The van der Waals surface area contributed by atoms with Crippen molar-refractivity contribution in [2.24, 2.45) is 5.92 Å². The zero-order valence-electron chi connectivity index (χ0n) is 19.8. The maximum Gasteiger partial charge on any atom is 0.253 e. The highest BCUT2D eigenvalue weighted by molar-refractivity contribution is 7.77. The molecule has 0 saturated heterocycles. The van der Waals surface area contributed by atoms with Crippen molar-refractivity contribution in [3.05, 3.63) is 35.0 Å². The van der Waals surface area contributed by atoms with Gasteiger partial charge in [0.2, 0.25) is 5.95 Å². The summed E-state index contributed by atoms with van der Waals surface area (Å²) in [7, 11) is 0. The molecule has 2 aromatic rings. The van der Waals surface area contributed by atoms with Crippen LogP contribution in [0.3, 0.4) is 0 Å². The number of rotatable bonds is 8. The molecule has 1 unspecified atom stereocenters. The van der Waals surface area contributed by atoms with Crippen LogP contribution < -0.4 is 25.6 Å². The SMILES string of the molecule is CC(C)N1CCNC(=O)c2ccc(Nc3ncc(Cl)c(N[C@@H]4CCCC[C@@H]4CNS(=O)[O-])n3)cc21. The van der Waals surface area contributed by atoms with Gasteiger partial charge in [-0.2, -0.15) is 4.98 Å². The van der Waals surface area contributed by atoms with Crippen LogP contribution in [0.4, 0.5) is 23.1 Å². The number of amides is 1. The van der Waals surface area contributed by atoms with Gasteiger partial charge in [-0.25, -0.2) is 9.71 Å². The van der Waals surface area contributed by atoms with E-state index in [-0.39, 0.29) is 23.9 Å². The second-order valence-corrected chi connectivity index (χ2v) is 10.3. The van der Waals surface area contributed by atoms with Gasteiger partial charge in [0, 0.05) is 48.7 Å². The summed E-state index contributed by atoms with van der Waals surface area (Å²) in [5.74, 6) is 0.933. The number of anilines is 4. The largest absolute Gasteiger partial charge is 0.760 e. The summed E-state index contributed by atoms with van der Waals surface area (Å²) in [6.45, 7) is 5.89. The fraction of sp³-hybridized carbons (Fsp3) is 0.522. The summed E-state index contributed by atoms with van der Waals surface area (Å²) in [5, 5.41) is 9.97. The molecular formula is C23H31ClN7O3S-. The van der Waals surface area contributed by atoms with Crippen LogP contribution in [-0.2, 0) is 11.3 Å².